The van der Waals surface area contributed by atoms with Crippen LogP contribution in [0, 0.1) is 6.92 Å². The normalized spacial score (nSPS) is 11.5. The molecule has 0 aromatic carbocycles. The monoisotopic (exact) mass is 311 g/mol. The Morgan fingerprint density at radius 3 is 2.80 bits per heavy atom. The van der Waals surface area contributed by atoms with Crippen molar-refractivity contribution in [3.8, 4) is 0 Å². The van der Waals surface area contributed by atoms with Crippen molar-refractivity contribution in [1.29, 1.82) is 0 Å². The first kappa shape index (κ1) is 15.0. The average molecular weight is 311 g/mol. The summed E-state index contributed by atoms with van der Waals surface area (Å²) >= 11 is 1.29. The summed E-state index contributed by atoms with van der Waals surface area (Å²) < 4.78 is 27.5. The highest BCUT2D eigenvalue weighted by Gasteiger charge is 2.17. The predicted molar refractivity (Wildman–Crippen MR) is 81.7 cm³/mol. The number of rotatable bonds is 6. The van der Waals surface area contributed by atoms with Gasteiger partial charge < -0.3 is 5.32 Å². The zero-order valence-corrected chi connectivity index (χ0v) is 13.0. The summed E-state index contributed by atoms with van der Waals surface area (Å²) in [7, 11) is -1.66. The fraction of sp³-hybridized carbons (Fsp3) is 0.308. The van der Waals surface area contributed by atoms with Gasteiger partial charge in [-0.25, -0.2) is 8.42 Å². The lowest BCUT2D eigenvalue weighted by Crippen LogP contribution is -2.12. The van der Waals surface area contributed by atoms with Crippen LogP contribution in [0.25, 0.3) is 0 Å². The second kappa shape index (κ2) is 6.34. The van der Waals surface area contributed by atoms with Gasteiger partial charge in [-0.05, 0) is 51.2 Å². The number of thiophene rings is 1. The maximum atomic E-state index is 12.3. The summed E-state index contributed by atoms with van der Waals surface area (Å²) in [6, 6.07) is 6.91. The van der Waals surface area contributed by atoms with Crippen LogP contribution in [0.2, 0.25) is 0 Å². The molecule has 0 atom stereocenters. The van der Waals surface area contributed by atoms with Gasteiger partial charge in [-0.15, -0.1) is 11.3 Å². The first-order chi connectivity index (χ1) is 9.53. The van der Waals surface area contributed by atoms with Crippen LogP contribution in [-0.2, 0) is 16.4 Å². The maximum Gasteiger partial charge on any atom is 0.271 e. The molecular weight excluding hydrogens is 294 g/mol. The van der Waals surface area contributed by atoms with Gasteiger partial charge in [0.05, 0.1) is 11.4 Å². The Kier molecular flexibility index (Phi) is 4.74. The quantitative estimate of drug-likeness (QED) is 0.856. The van der Waals surface area contributed by atoms with Gasteiger partial charge in [-0.1, -0.05) is 0 Å². The molecule has 0 aliphatic heterocycles. The van der Waals surface area contributed by atoms with E-state index in [1.165, 1.54) is 11.3 Å². The lowest BCUT2D eigenvalue weighted by atomic mass is 10.3. The van der Waals surface area contributed by atoms with Crippen LogP contribution in [-0.4, -0.2) is 27.0 Å². The molecule has 0 spiro atoms. The van der Waals surface area contributed by atoms with E-state index in [4.69, 9.17) is 0 Å². The van der Waals surface area contributed by atoms with Crippen LogP contribution in [0.4, 0.5) is 5.69 Å². The summed E-state index contributed by atoms with van der Waals surface area (Å²) in [4.78, 5) is 5.11. The fourth-order valence-electron chi connectivity index (χ4n) is 1.67. The molecule has 7 heteroatoms. The largest absolute Gasteiger partial charge is 0.319 e. The van der Waals surface area contributed by atoms with Crippen molar-refractivity contribution in [2.24, 2.45) is 0 Å². The molecule has 0 unspecified atom stereocenters. The smallest absolute Gasteiger partial charge is 0.271 e. The van der Waals surface area contributed by atoms with Gasteiger partial charge in [0.2, 0.25) is 0 Å². The van der Waals surface area contributed by atoms with Gasteiger partial charge in [-0.3, -0.25) is 9.71 Å². The van der Waals surface area contributed by atoms with E-state index in [2.05, 4.69) is 15.0 Å². The molecule has 2 aromatic heterocycles. The number of nitrogens with one attached hydrogen (secondary N) is 2. The molecule has 0 fully saturated rings. The zero-order valence-electron chi connectivity index (χ0n) is 11.4. The number of likely N-dealkylation sites (N-methyl/N-ethyl adjacent to an activating group) is 1. The van der Waals surface area contributed by atoms with Crippen LogP contribution in [0.3, 0.4) is 0 Å². The zero-order chi connectivity index (χ0) is 14.6. The molecule has 5 nitrogen and oxygen atoms in total. The van der Waals surface area contributed by atoms with Crippen molar-refractivity contribution in [2.75, 3.05) is 18.3 Å². The standard InChI is InChI=1S/C13H17N3O2S2/c1-10-12(4-3-8-15-10)16-20(17,18)13-6-5-11(19-13)7-9-14-2/h3-6,8,14,16H,7,9H2,1-2H3. The molecule has 2 heterocycles. The number of hydrogen-bond acceptors (Lipinski definition) is 5. The molecule has 0 radical (unpaired) electrons. The molecule has 0 aliphatic rings. The van der Waals surface area contributed by atoms with Gasteiger partial charge in [0.15, 0.2) is 0 Å². The van der Waals surface area contributed by atoms with Gasteiger partial charge in [-0.2, -0.15) is 0 Å². The minimum absolute atomic E-state index is 0.326. The van der Waals surface area contributed by atoms with Crippen molar-refractivity contribution < 1.29 is 8.42 Å². The van der Waals surface area contributed by atoms with Crippen LogP contribution >= 0.6 is 11.3 Å². The van der Waals surface area contributed by atoms with Crippen molar-refractivity contribution in [3.63, 3.8) is 0 Å². The van der Waals surface area contributed by atoms with E-state index < -0.39 is 10.0 Å². The molecule has 0 saturated carbocycles. The molecular formula is C13H17N3O2S2. The second-order valence-corrected chi connectivity index (χ2v) is 7.39. The van der Waals surface area contributed by atoms with Gasteiger partial charge in [0, 0.05) is 11.1 Å². The number of aromatic nitrogens is 1. The lowest BCUT2D eigenvalue weighted by Gasteiger charge is -2.07. The Hall–Kier alpha value is -1.44. The summed E-state index contributed by atoms with van der Waals surface area (Å²) in [6.45, 7) is 2.60. The number of hydrogen-bond donors (Lipinski definition) is 2. The first-order valence-electron chi connectivity index (χ1n) is 6.20. The van der Waals surface area contributed by atoms with Crippen molar-refractivity contribution >= 4 is 27.0 Å². The Balaban J connectivity index is 2.18. The number of sulfonamides is 1. The summed E-state index contributed by atoms with van der Waals surface area (Å²) in [6.07, 6.45) is 2.46. The molecule has 0 aliphatic carbocycles. The van der Waals surface area contributed by atoms with E-state index in [1.54, 1.807) is 31.3 Å². The van der Waals surface area contributed by atoms with Gasteiger partial charge >= 0.3 is 0 Å². The molecule has 2 N–H and O–H groups in total. The van der Waals surface area contributed by atoms with E-state index in [-0.39, 0.29) is 0 Å². The molecule has 0 bridgehead atoms. The number of aryl methyl sites for hydroxylation is 1. The number of anilines is 1. The van der Waals surface area contributed by atoms with Crippen molar-refractivity contribution in [3.05, 3.63) is 41.0 Å². The minimum Gasteiger partial charge on any atom is -0.319 e. The third kappa shape index (κ3) is 3.56. The Morgan fingerprint density at radius 1 is 1.30 bits per heavy atom. The highest BCUT2D eigenvalue weighted by Crippen LogP contribution is 2.25. The lowest BCUT2D eigenvalue weighted by molar-refractivity contribution is 0.603. The van der Waals surface area contributed by atoms with E-state index in [0.717, 1.165) is 17.8 Å². The van der Waals surface area contributed by atoms with E-state index in [1.807, 2.05) is 13.1 Å². The van der Waals surface area contributed by atoms with Crippen LogP contribution in [0.5, 0.6) is 0 Å². The molecule has 0 amide bonds. The third-order valence-corrected chi connectivity index (χ3v) is 5.78. The van der Waals surface area contributed by atoms with E-state index in [0.29, 0.717) is 15.6 Å². The van der Waals surface area contributed by atoms with Gasteiger partial charge in [0.25, 0.3) is 10.0 Å². The summed E-state index contributed by atoms with van der Waals surface area (Å²) in [5, 5.41) is 3.04. The van der Waals surface area contributed by atoms with E-state index >= 15 is 0 Å². The Bertz CT molecular complexity index is 680. The van der Waals surface area contributed by atoms with Crippen molar-refractivity contribution in [1.82, 2.24) is 10.3 Å². The molecule has 0 saturated heterocycles. The SMILES string of the molecule is CNCCc1ccc(S(=O)(=O)Nc2cccnc2C)s1. The second-order valence-electron chi connectivity index (χ2n) is 4.32. The van der Waals surface area contributed by atoms with Gasteiger partial charge in [0.1, 0.15) is 4.21 Å². The highest BCUT2D eigenvalue weighted by atomic mass is 32.2. The first-order valence-corrected chi connectivity index (χ1v) is 8.50. The summed E-state index contributed by atoms with van der Waals surface area (Å²) in [5.41, 5.74) is 1.17. The summed E-state index contributed by atoms with van der Waals surface area (Å²) in [5.74, 6) is 0. The van der Waals surface area contributed by atoms with Crippen molar-refractivity contribution in [2.45, 2.75) is 17.6 Å². The number of pyridine rings is 1. The van der Waals surface area contributed by atoms with Crippen LogP contribution < -0.4 is 10.0 Å². The molecule has 2 aromatic rings. The Morgan fingerprint density at radius 2 is 2.10 bits per heavy atom. The van der Waals surface area contributed by atoms with Crippen LogP contribution in [0.15, 0.2) is 34.7 Å². The van der Waals surface area contributed by atoms with Crippen LogP contribution in [0.1, 0.15) is 10.6 Å². The predicted octanol–water partition coefficient (Wildman–Crippen LogP) is 2.01. The fourth-order valence-corrected chi connectivity index (χ4v) is 4.15. The molecule has 108 valence electrons. The maximum absolute atomic E-state index is 12.3. The third-order valence-electron chi connectivity index (χ3n) is 2.77. The highest BCUT2D eigenvalue weighted by molar-refractivity contribution is 7.94. The topological polar surface area (TPSA) is 71.1 Å². The minimum atomic E-state index is -3.53. The molecule has 2 rings (SSSR count). The van der Waals surface area contributed by atoms with E-state index in [9.17, 15) is 8.42 Å². The molecule has 20 heavy (non-hydrogen) atoms. The average Bonchev–Trinajstić information content (AvgIpc) is 2.88. The Labute approximate surface area is 123 Å². The number of nitrogens with zero attached hydrogens (tertiary/aromatic N) is 1.